The zero-order chi connectivity index (χ0) is 23.3. The van der Waals surface area contributed by atoms with Gasteiger partial charge in [0.05, 0.1) is 25.1 Å². The number of hydrogen-bond acceptors (Lipinski definition) is 5. The Morgan fingerprint density at radius 2 is 1.78 bits per heavy atom. The summed E-state index contributed by atoms with van der Waals surface area (Å²) in [6.07, 6.45) is 0. The number of carbonyl (C=O) groups excluding carboxylic acids is 2. The second-order valence-corrected chi connectivity index (χ2v) is 7.83. The van der Waals surface area contributed by atoms with Crippen molar-refractivity contribution in [1.29, 1.82) is 0 Å². The Hall–Kier alpha value is -3.61. The second kappa shape index (κ2) is 10.1. The van der Waals surface area contributed by atoms with E-state index in [2.05, 4.69) is 24.3 Å². The number of methoxy groups -OCH3 is 1. The first-order chi connectivity index (χ1) is 15.3. The summed E-state index contributed by atoms with van der Waals surface area (Å²) in [4.78, 5) is 24.8. The highest BCUT2D eigenvalue weighted by molar-refractivity contribution is 5.94. The van der Waals surface area contributed by atoms with E-state index < -0.39 is 5.97 Å². The second-order valence-electron chi connectivity index (χ2n) is 7.83. The lowest BCUT2D eigenvalue weighted by atomic mass is 10.1. The topological polar surface area (TPSA) is 82.5 Å². The van der Waals surface area contributed by atoms with Crippen LogP contribution in [-0.4, -0.2) is 41.4 Å². The first kappa shape index (κ1) is 23.1. The number of amides is 1. The van der Waals surface area contributed by atoms with E-state index in [1.165, 1.54) is 0 Å². The lowest BCUT2D eigenvalue weighted by Crippen LogP contribution is -2.36. The highest BCUT2D eigenvalue weighted by atomic mass is 16.5. The first-order valence-electron chi connectivity index (χ1n) is 10.7. The van der Waals surface area contributed by atoms with Crippen LogP contribution < -0.4 is 10.1 Å². The molecule has 0 radical (unpaired) electrons. The molecule has 0 unspecified atom stereocenters. The van der Waals surface area contributed by atoms with E-state index in [0.29, 0.717) is 28.6 Å². The molecule has 32 heavy (non-hydrogen) atoms. The van der Waals surface area contributed by atoms with Crippen LogP contribution in [0, 0.1) is 5.92 Å². The van der Waals surface area contributed by atoms with E-state index in [9.17, 15) is 9.59 Å². The smallest absolute Gasteiger partial charge is 0.358 e. The van der Waals surface area contributed by atoms with Gasteiger partial charge in [-0.05, 0) is 62.2 Å². The summed E-state index contributed by atoms with van der Waals surface area (Å²) >= 11 is 0. The molecule has 2 aromatic carbocycles. The molecule has 0 fully saturated rings. The quantitative estimate of drug-likeness (QED) is 0.527. The molecular formula is C25H29N3O4. The monoisotopic (exact) mass is 435 g/mol. The van der Waals surface area contributed by atoms with E-state index in [4.69, 9.17) is 9.47 Å². The molecule has 3 aromatic rings. The molecule has 1 heterocycles. The molecule has 0 aliphatic carbocycles. The molecule has 1 atom stereocenters. The van der Waals surface area contributed by atoms with Crippen LogP contribution in [-0.2, 0) is 4.74 Å². The Balaban J connectivity index is 1.98. The molecule has 0 saturated heterocycles. The van der Waals surface area contributed by atoms with Crippen molar-refractivity contribution in [3.8, 4) is 22.7 Å². The third-order valence-corrected chi connectivity index (χ3v) is 5.29. The molecule has 3 rings (SSSR count). The van der Waals surface area contributed by atoms with Gasteiger partial charge in [0.2, 0.25) is 0 Å². The summed E-state index contributed by atoms with van der Waals surface area (Å²) in [5.41, 5.74) is 3.02. The lowest BCUT2D eigenvalue weighted by Gasteiger charge is -2.17. The number of nitrogens with zero attached hydrogens (tertiary/aromatic N) is 2. The molecule has 0 saturated carbocycles. The molecule has 1 N–H and O–H groups in total. The molecule has 7 nitrogen and oxygen atoms in total. The van der Waals surface area contributed by atoms with E-state index in [-0.39, 0.29) is 24.2 Å². The average molecular weight is 436 g/mol. The highest BCUT2D eigenvalue weighted by Crippen LogP contribution is 2.27. The zero-order valence-electron chi connectivity index (χ0n) is 19.1. The van der Waals surface area contributed by atoms with Crippen LogP contribution in [0.15, 0.2) is 54.6 Å². The summed E-state index contributed by atoms with van der Waals surface area (Å²) < 4.78 is 12.1. The van der Waals surface area contributed by atoms with Crippen LogP contribution in [0.4, 0.5) is 0 Å². The van der Waals surface area contributed by atoms with Crippen molar-refractivity contribution in [3.05, 3.63) is 65.9 Å². The van der Waals surface area contributed by atoms with E-state index in [1.807, 2.05) is 31.2 Å². The molecule has 1 amide bonds. The number of benzene rings is 2. The van der Waals surface area contributed by atoms with Gasteiger partial charge in [0.25, 0.3) is 5.91 Å². The number of carbonyl (C=O) groups is 2. The van der Waals surface area contributed by atoms with Gasteiger partial charge in [0, 0.05) is 17.2 Å². The van der Waals surface area contributed by atoms with Crippen LogP contribution in [0.2, 0.25) is 0 Å². The lowest BCUT2D eigenvalue weighted by molar-refractivity contribution is 0.0518. The van der Waals surface area contributed by atoms with Crippen LogP contribution in [0.1, 0.15) is 48.5 Å². The third kappa shape index (κ3) is 5.17. The third-order valence-electron chi connectivity index (χ3n) is 5.29. The Labute approximate surface area is 188 Å². The predicted molar refractivity (Wildman–Crippen MR) is 123 cm³/mol. The predicted octanol–water partition coefficient (Wildman–Crippen LogP) is 4.50. The van der Waals surface area contributed by atoms with Crippen molar-refractivity contribution in [2.24, 2.45) is 5.92 Å². The van der Waals surface area contributed by atoms with Gasteiger partial charge in [-0.2, -0.15) is 5.10 Å². The van der Waals surface area contributed by atoms with Gasteiger partial charge in [-0.3, -0.25) is 4.79 Å². The maximum Gasteiger partial charge on any atom is 0.358 e. The summed E-state index contributed by atoms with van der Waals surface area (Å²) in [6.45, 7) is 8.12. The number of hydrogen-bond donors (Lipinski definition) is 1. The molecule has 0 aliphatic heterocycles. The largest absolute Gasteiger partial charge is 0.497 e. The minimum Gasteiger partial charge on any atom is -0.497 e. The standard InChI is InChI=1S/C25H29N3O4/c1-6-32-25(30)22-15-23(19-8-7-9-21(14-19)31-5)28(27-22)20-12-10-18(11-13-20)24(29)26-17(4)16(2)3/h7-17H,6H2,1-5H3,(H,26,29)/t17-/m0/s1. The van der Waals surface area contributed by atoms with Gasteiger partial charge in [-0.1, -0.05) is 26.0 Å². The fourth-order valence-corrected chi connectivity index (χ4v) is 3.08. The molecule has 7 heteroatoms. The van der Waals surface area contributed by atoms with Gasteiger partial charge < -0.3 is 14.8 Å². The number of nitrogens with one attached hydrogen (secondary N) is 1. The fraction of sp³-hybridized carbons (Fsp3) is 0.320. The van der Waals surface area contributed by atoms with Crippen molar-refractivity contribution < 1.29 is 19.1 Å². The maximum absolute atomic E-state index is 12.5. The zero-order valence-corrected chi connectivity index (χ0v) is 19.1. The Bertz CT molecular complexity index is 1090. The van der Waals surface area contributed by atoms with Crippen LogP contribution in [0.25, 0.3) is 16.9 Å². The number of rotatable bonds is 8. The highest BCUT2D eigenvalue weighted by Gasteiger charge is 2.19. The average Bonchev–Trinajstić information content (AvgIpc) is 3.25. The normalized spacial score (nSPS) is 11.8. The Morgan fingerprint density at radius 3 is 2.41 bits per heavy atom. The number of ether oxygens (including phenoxy) is 2. The van der Waals surface area contributed by atoms with Gasteiger partial charge in [0.1, 0.15) is 5.75 Å². The van der Waals surface area contributed by atoms with Crippen LogP contribution in [0.5, 0.6) is 5.75 Å². The van der Waals surface area contributed by atoms with Crippen LogP contribution >= 0.6 is 0 Å². The van der Waals surface area contributed by atoms with Crippen molar-refractivity contribution in [2.45, 2.75) is 33.7 Å². The molecule has 0 bridgehead atoms. The van der Waals surface area contributed by atoms with E-state index in [0.717, 1.165) is 5.56 Å². The number of aromatic nitrogens is 2. The van der Waals surface area contributed by atoms with Gasteiger partial charge in [-0.25, -0.2) is 9.48 Å². The van der Waals surface area contributed by atoms with Gasteiger partial charge >= 0.3 is 5.97 Å². The van der Waals surface area contributed by atoms with Crippen LogP contribution in [0.3, 0.4) is 0 Å². The Morgan fingerprint density at radius 1 is 1.06 bits per heavy atom. The minimum atomic E-state index is -0.492. The molecule has 1 aromatic heterocycles. The summed E-state index contributed by atoms with van der Waals surface area (Å²) in [6, 6.07) is 16.4. The summed E-state index contributed by atoms with van der Waals surface area (Å²) in [7, 11) is 1.60. The Kier molecular flexibility index (Phi) is 7.30. The molecular weight excluding hydrogens is 406 g/mol. The summed E-state index contributed by atoms with van der Waals surface area (Å²) in [5.74, 6) is 0.417. The number of esters is 1. The van der Waals surface area contributed by atoms with Gasteiger partial charge in [0.15, 0.2) is 5.69 Å². The first-order valence-corrected chi connectivity index (χ1v) is 10.7. The SMILES string of the molecule is CCOC(=O)c1cc(-c2cccc(OC)c2)n(-c2ccc(C(=O)N[C@@H](C)C(C)C)cc2)n1. The van der Waals surface area contributed by atoms with Crippen molar-refractivity contribution in [2.75, 3.05) is 13.7 Å². The van der Waals surface area contributed by atoms with Crippen molar-refractivity contribution in [3.63, 3.8) is 0 Å². The fourth-order valence-electron chi connectivity index (χ4n) is 3.08. The summed E-state index contributed by atoms with van der Waals surface area (Å²) in [5, 5.41) is 7.48. The van der Waals surface area contributed by atoms with E-state index in [1.54, 1.807) is 49.0 Å². The van der Waals surface area contributed by atoms with Crippen molar-refractivity contribution >= 4 is 11.9 Å². The van der Waals surface area contributed by atoms with Crippen molar-refractivity contribution in [1.82, 2.24) is 15.1 Å². The van der Waals surface area contributed by atoms with E-state index >= 15 is 0 Å². The minimum absolute atomic E-state index is 0.0695. The van der Waals surface area contributed by atoms with Gasteiger partial charge in [-0.15, -0.1) is 0 Å². The molecule has 0 spiro atoms. The molecule has 0 aliphatic rings. The molecule has 168 valence electrons. The maximum atomic E-state index is 12.5.